The normalized spacial score (nSPS) is 16.7. The third kappa shape index (κ3) is 5.08. The Morgan fingerprint density at radius 2 is 1.67 bits per heavy atom. The number of carbonyl (C=O) groups is 2. The Hall–Kier alpha value is -3.60. The number of nitrogens with one attached hydrogen (secondary N) is 1. The Morgan fingerprint density at radius 3 is 2.27 bits per heavy atom. The lowest BCUT2D eigenvalue weighted by Crippen LogP contribution is -2.30. The number of rotatable bonds is 8. The van der Waals surface area contributed by atoms with Gasteiger partial charge in [0.2, 0.25) is 0 Å². The van der Waals surface area contributed by atoms with Gasteiger partial charge in [0.15, 0.2) is 11.9 Å². The van der Waals surface area contributed by atoms with E-state index in [9.17, 15) is 9.59 Å². The molecule has 3 rings (SSSR count). The number of benzene rings is 2. The number of hydrogen-bond acceptors (Lipinski definition) is 5. The van der Waals surface area contributed by atoms with E-state index >= 15 is 0 Å². The highest BCUT2D eigenvalue weighted by atomic mass is 16.5. The van der Waals surface area contributed by atoms with Gasteiger partial charge in [0.05, 0.1) is 12.7 Å². The third-order valence-electron chi connectivity index (χ3n) is 5.84. The lowest BCUT2D eigenvalue weighted by molar-refractivity contribution is -0.136. The minimum atomic E-state index is -0.782. The quantitative estimate of drug-likeness (QED) is 0.420. The molecule has 5 heteroatoms. The summed E-state index contributed by atoms with van der Waals surface area (Å²) >= 11 is 0. The van der Waals surface area contributed by atoms with E-state index in [1.54, 1.807) is 0 Å². The second-order valence-electron chi connectivity index (χ2n) is 8.19. The first kappa shape index (κ1) is 24.1. The Morgan fingerprint density at radius 1 is 1.00 bits per heavy atom. The van der Waals surface area contributed by atoms with E-state index in [1.165, 1.54) is 7.11 Å². The zero-order valence-corrected chi connectivity index (χ0v) is 19.9. The van der Waals surface area contributed by atoms with Crippen molar-refractivity contribution in [3.63, 3.8) is 0 Å². The Labute approximate surface area is 195 Å². The van der Waals surface area contributed by atoms with Crippen LogP contribution in [0.2, 0.25) is 0 Å². The monoisotopic (exact) mass is 445 g/mol. The summed E-state index contributed by atoms with van der Waals surface area (Å²) in [5.74, 6) is -0.569. The number of esters is 1. The van der Waals surface area contributed by atoms with Crippen LogP contribution in [0.5, 0.6) is 0 Å². The van der Waals surface area contributed by atoms with Gasteiger partial charge in [-0.1, -0.05) is 73.7 Å². The fraction of sp³-hybridized carbons (Fsp3) is 0.286. The molecule has 33 heavy (non-hydrogen) atoms. The van der Waals surface area contributed by atoms with Gasteiger partial charge in [0.25, 0.3) is 0 Å². The lowest BCUT2D eigenvalue weighted by Gasteiger charge is -2.33. The van der Waals surface area contributed by atoms with Crippen LogP contribution in [-0.2, 0) is 19.1 Å². The molecule has 0 radical (unpaired) electrons. The number of aryl methyl sites for hydroxylation is 1. The fourth-order valence-electron chi connectivity index (χ4n) is 4.27. The van der Waals surface area contributed by atoms with Crippen LogP contribution < -0.4 is 5.32 Å². The van der Waals surface area contributed by atoms with Gasteiger partial charge >= 0.3 is 5.97 Å². The van der Waals surface area contributed by atoms with Gasteiger partial charge < -0.3 is 14.8 Å². The number of allylic oxidation sites excluding steroid dienone is 3. The van der Waals surface area contributed by atoms with E-state index in [1.807, 2.05) is 82.3 Å². The molecule has 2 aromatic carbocycles. The molecule has 0 fully saturated rings. The summed E-state index contributed by atoms with van der Waals surface area (Å²) in [6.07, 6.45) is -0.452. The van der Waals surface area contributed by atoms with Crippen molar-refractivity contribution < 1.29 is 19.1 Å². The summed E-state index contributed by atoms with van der Waals surface area (Å²) in [7, 11) is 1.37. The molecule has 2 aromatic rings. The van der Waals surface area contributed by atoms with Gasteiger partial charge in [-0.3, -0.25) is 4.79 Å². The maximum atomic E-state index is 12.9. The Balaban J connectivity index is 2.09. The van der Waals surface area contributed by atoms with E-state index in [-0.39, 0.29) is 5.78 Å². The number of ketones is 1. The first-order valence-corrected chi connectivity index (χ1v) is 11.1. The predicted molar refractivity (Wildman–Crippen MR) is 129 cm³/mol. The van der Waals surface area contributed by atoms with E-state index in [0.29, 0.717) is 23.5 Å². The van der Waals surface area contributed by atoms with Crippen molar-refractivity contribution in [1.82, 2.24) is 5.32 Å². The van der Waals surface area contributed by atoms with Crippen LogP contribution in [0.4, 0.5) is 0 Å². The van der Waals surface area contributed by atoms with Crippen molar-refractivity contribution in [2.75, 3.05) is 7.11 Å². The molecule has 0 saturated carbocycles. The van der Waals surface area contributed by atoms with Crippen LogP contribution in [0.1, 0.15) is 55.9 Å². The summed E-state index contributed by atoms with van der Waals surface area (Å²) < 4.78 is 11.4. The molecule has 5 nitrogen and oxygen atoms in total. The van der Waals surface area contributed by atoms with Crippen molar-refractivity contribution in [3.8, 4) is 0 Å². The number of Topliss-reactive ketones (excluding diaryl/α,β-unsaturated/α-hetero) is 1. The van der Waals surface area contributed by atoms with E-state index < -0.39 is 18.0 Å². The van der Waals surface area contributed by atoms with Crippen LogP contribution in [0.25, 0.3) is 0 Å². The van der Waals surface area contributed by atoms with Crippen LogP contribution >= 0.6 is 0 Å². The average Bonchev–Trinajstić information content (AvgIpc) is 2.81. The van der Waals surface area contributed by atoms with Crippen molar-refractivity contribution in [2.45, 2.75) is 46.1 Å². The van der Waals surface area contributed by atoms with Gasteiger partial charge in [-0.15, -0.1) is 0 Å². The van der Waals surface area contributed by atoms with Gasteiger partial charge in [-0.05, 0) is 31.9 Å². The molecule has 172 valence electrons. The van der Waals surface area contributed by atoms with Crippen LogP contribution in [0.3, 0.4) is 0 Å². The van der Waals surface area contributed by atoms with E-state index in [0.717, 1.165) is 28.0 Å². The zero-order chi connectivity index (χ0) is 24.1. The summed E-state index contributed by atoms with van der Waals surface area (Å²) in [4.78, 5) is 25.6. The van der Waals surface area contributed by atoms with Crippen LogP contribution in [-0.4, -0.2) is 18.9 Å². The first-order chi connectivity index (χ1) is 15.8. The lowest BCUT2D eigenvalue weighted by atomic mass is 9.79. The zero-order valence-electron chi connectivity index (χ0n) is 19.9. The number of ether oxygens (including phenoxy) is 2. The minimum absolute atomic E-state index is 0.0450. The molecular formula is C28H31NO4. The van der Waals surface area contributed by atoms with Crippen molar-refractivity contribution in [2.24, 2.45) is 0 Å². The first-order valence-electron chi connectivity index (χ1n) is 11.1. The second-order valence-corrected chi connectivity index (χ2v) is 8.19. The predicted octanol–water partition coefficient (Wildman–Crippen LogP) is 5.65. The highest BCUT2D eigenvalue weighted by Gasteiger charge is 2.36. The standard InChI is InChI=1S/C28H31NO4/c1-7-23(30)27(21-13-9-8-10-14-21)33-20(5)24-18(3)29-19(4)25(28(31)32-6)26(24)22-15-11-12-17(2)16-22/h8-16,26-27,29H,5,7H2,1-4,6H3/t26-,27+/m1/s1. The number of carbonyl (C=O) groups excluding carboxylic acids is 2. The van der Waals surface area contributed by atoms with Crippen LogP contribution in [0, 0.1) is 6.92 Å². The van der Waals surface area contributed by atoms with Gasteiger partial charge in [0, 0.05) is 29.3 Å². The second kappa shape index (κ2) is 10.3. The molecule has 1 aliphatic heterocycles. The third-order valence-corrected chi connectivity index (χ3v) is 5.84. The van der Waals surface area contributed by atoms with Gasteiger partial charge in [0.1, 0.15) is 5.76 Å². The molecule has 0 bridgehead atoms. The highest BCUT2D eigenvalue weighted by Crippen LogP contribution is 2.43. The summed E-state index contributed by atoms with van der Waals surface area (Å²) in [5, 5.41) is 3.28. The molecule has 1 heterocycles. The number of hydrogen-bond donors (Lipinski definition) is 1. The van der Waals surface area contributed by atoms with E-state index in [4.69, 9.17) is 9.47 Å². The highest BCUT2D eigenvalue weighted by molar-refractivity contribution is 5.93. The molecular weight excluding hydrogens is 414 g/mol. The van der Waals surface area contributed by atoms with Crippen LogP contribution in [0.15, 0.2) is 89.5 Å². The molecule has 0 aromatic heterocycles. The summed E-state index contributed by atoms with van der Waals surface area (Å²) in [6.45, 7) is 11.8. The summed E-state index contributed by atoms with van der Waals surface area (Å²) in [5.41, 5.74) is 5.50. The molecule has 0 spiro atoms. The molecule has 0 amide bonds. The largest absolute Gasteiger partial charge is 0.478 e. The topological polar surface area (TPSA) is 64.6 Å². The fourth-order valence-corrected chi connectivity index (χ4v) is 4.27. The van der Waals surface area contributed by atoms with Crippen molar-refractivity contribution >= 4 is 11.8 Å². The smallest absolute Gasteiger partial charge is 0.336 e. The van der Waals surface area contributed by atoms with Crippen molar-refractivity contribution in [3.05, 3.63) is 106 Å². The molecule has 1 N–H and O–H groups in total. The van der Waals surface area contributed by atoms with Gasteiger partial charge in [-0.2, -0.15) is 0 Å². The minimum Gasteiger partial charge on any atom is -0.478 e. The molecule has 0 saturated heterocycles. The van der Waals surface area contributed by atoms with Gasteiger partial charge in [-0.25, -0.2) is 4.79 Å². The maximum Gasteiger partial charge on any atom is 0.336 e. The molecule has 2 atom stereocenters. The Bertz CT molecular complexity index is 1130. The summed E-state index contributed by atoms with van der Waals surface area (Å²) in [6, 6.07) is 17.4. The number of dihydropyridines is 1. The number of methoxy groups -OCH3 is 1. The van der Waals surface area contributed by atoms with E-state index in [2.05, 4.69) is 11.9 Å². The average molecular weight is 446 g/mol. The SMILES string of the molecule is C=C(O[C@H](C(=O)CC)c1ccccc1)C1=C(C)NC(C)=C(C(=O)OC)[C@@H]1c1cccc(C)c1. The maximum absolute atomic E-state index is 12.9. The molecule has 1 aliphatic rings. The Kier molecular flexibility index (Phi) is 7.54. The molecule has 0 aliphatic carbocycles. The molecule has 0 unspecified atom stereocenters. The van der Waals surface area contributed by atoms with Crippen molar-refractivity contribution in [1.29, 1.82) is 0 Å².